The normalized spacial score (nSPS) is 20.8. The number of Topliss-reactive ketones (excluding diaryl/α,β-unsaturated/α-hetero) is 1. The summed E-state index contributed by atoms with van der Waals surface area (Å²) in [6.07, 6.45) is 0.656. The van der Waals surface area contributed by atoms with Gasteiger partial charge >= 0.3 is 0 Å². The molecular weight excluding hydrogens is 265 g/mol. The molecule has 1 saturated carbocycles. The van der Waals surface area contributed by atoms with E-state index < -0.39 is 17.5 Å². The van der Waals surface area contributed by atoms with Crippen LogP contribution in [0, 0.1) is 23.4 Å². The standard InChI is InChI=1S/C16H11F3O/c17-13-6-10(7-14(18)15(13)19)16(20)12-8-11(12)9-4-2-1-3-5-9/h1-7,11-12H,8H2. The predicted octanol–water partition coefficient (Wildman–Crippen LogP) is 4.09. The highest BCUT2D eigenvalue weighted by molar-refractivity contribution is 6.00. The second kappa shape index (κ2) is 4.78. The first kappa shape index (κ1) is 12.9. The van der Waals surface area contributed by atoms with Crippen LogP contribution in [-0.4, -0.2) is 5.78 Å². The maximum absolute atomic E-state index is 13.1. The lowest BCUT2D eigenvalue weighted by atomic mass is 10.0. The van der Waals surface area contributed by atoms with Gasteiger partial charge in [-0.2, -0.15) is 0 Å². The quantitative estimate of drug-likeness (QED) is 0.609. The topological polar surface area (TPSA) is 17.1 Å². The van der Waals surface area contributed by atoms with Crippen molar-refractivity contribution >= 4 is 5.78 Å². The molecule has 0 N–H and O–H groups in total. The van der Waals surface area contributed by atoms with E-state index in [-0.39, 0.29) is 23.2 Å². The Kier molecular flexibility index (Phi) is 3.08. The van der Waals surface area contributed by atoms with Crippen molar-refractivity contribution in [2.45, 2.75) is 12.3 Å². The Bertz CT molecular complexity index is 644. The lowest BCUT2D eigenvalue weighted by molar-refractivity contribution is 0.0964. The maximum atomic E-state index is 13.1. The zero-order valence-corrected chi connectivity index (χ0v) is 10.4. The van der Waals surface area contributed by atoms with Gasteiger partial charge < -0.3 is 0 Å². The lowest BCUT2D eigenvalue weighted by Gasteiger charge is -2.03. The molecule has 3 rings (SSSR count). The number of rotatable bonds is 3. The van der Waals surface area contributed by atoms with Gasteiger partial charge in [0.2, 0.25) is 0 Å². The summed E-state index contributed by atoms with van der Waals surface area (Å²) in [7, 11) is 0. The Balaban J connectivity index is 1.82. The van der Waals surface area contributed by atoms with Crippen molar-refractivity contribution in [3.8, 4) is 0 Å². The second-order valence-electron chi connectivity index (χ2n) is 4.98. The van der Waals surface area contributed by atoms with Gasteiger partial charge in [0, 0.05) is 11.5 Å². The molecule has 0 saturated heterocycles. The Morgan fingerprint density at radius 2 is 1.60 bits per heavy atom. The van der Waals surface area contributed by atoms with Crippen LogP contribution in [-0.2, 0) is 0 Å². The fourth-order valence-electron chi connectivity index (χ4n) is 2.47. The average Bonchev–Trinajstić information content (AvgIpc) is 3.25. The number of benzene rings is 2. The van der Waals surface area contributed by atoms with Crippen LogP contribution in [0.5, 0.6) is 0 Å². The minimum Gasteiger partial charge on any atom is -0.294 e. The van der Waals surface area contributed by atoms with Crippen molar-refractivity contribution in [1.82, 2.24) is 0 Å². The number of hydrogen-bond donors (Lipinski definition) is 0. The summed E-state index contributed by atoms with van der Waals surface area (Å²) < 4.78 is 39.1. The molecule has 2 atom stereocenters. The Morgan fingerprint density at radius 1 is 1.00 bits per heavy atom. The van der Waals surface area contributed by atoms with E-state index >= 15 is 0 Å². The molecular formula is C16H11F3O. The molecule has 1 aliphatic rings. The molecule has 2 aromatic carbocycles. The third-order valence-corrected chi connectivity index (χ3v) is 3.62. The van der Waals surface area contributed by atoms with E-state index in [2.05, 4.69) is 0 Å². The van der Waals surface area contributed by atoms with Gasteiger partial charge in [0.1, 0.15) is 0 Å². The molecule has 2 aromatic rings. The monoisotopic (exact) mass is 276 g/mol. The molecule has 1 aliphatic carbocycles. The van der Waals surface area contributed by atoms with E-state index in [1.807, 2.05) is 30.3 Å². The molecule has 0 heterocycles. The van der Waals surface area contributed by atoms with E-state index in [0.717, 1.165) is 17.7 Å². The minimum atomic E-state index is -1.54. The van der Waals surface area contributed by atoms with E-state index in [9.17, 15) is 18.0 Å². The van der Waals surface area contributed by atoms with Crippen molar-refractivity contribution in [2.24, 2.45) is 5.92 Å². The first-order valence-electron chi connectivity index (χ1n) is 6.31. The molecule has 1 nitrogen and oxygen atoms in total. The number of halogens is 3. The van der Waals surface area contributed by atoms with Crippen LogP contribution < -0.4 is 0 Å². The van der Waals surface area contributed by atoms with Gasteiger partial charge in [-0.1, -0.05) is 30.3 Å². The van der Waals surface area contributed by atoms with Gasteiger partial charge in [-0.05, 0) is 30.0 Å². The smallest absolute Gasteiger partial charge is 0.194 e. The molecule has 1 fully saturated rings. The first-order chi connectivity index (χ1) is 9.58. The summed E-state index contributed by atoms with van der Waals surface area (Å²) in [5, 5.41) is 0. The van der Waals surface area contributed by atoms with Gasteiger partial charge in [0.25, 0.3) is 0 Å². The second-order valence-corrected chi connectivity index (χ2v) is 4.98. The summed E-state index contributed by atoms with van der Waals surface area (Å²) in [6.45, 7) is 0. The van der Waals surface area contributed by atoms with E-state index in [1.165, 1.54) is 0 Å². The zero-order chi connectivity index (χ0) is 14.3. The van der Waals surface area contributed by atoms with Crippen LogP contribution in [0.15, 0.2) is 42.5 Å². The highest BCUT2D eigenvalue weighted by Crippen LogP contribution is 2.49. The highest BCUT2D eigenvalue weighted by Gasteiger charge is 2.44. The summed E-state index contributed by atoms with van der Waals surface area (Å²) in [5.41, 5.74) is 0.929. The minimum absolute atomic E-state index is 0.0832. The van der Waals surface area contributed by atoms with Crippen LogP contribution in [0.4, 0.5) is 13.2 Å². The highest BCUT2D eigenvalue weighted by atomic mass is 19.2. The Morgan fingerprint density at radius 3 is 2.20 bits per heavy atom. The largest absolute Gasteiger partial charge is 0.294 e. The molecule has 0 spiro atoms. The predicted molar refractivity (Wildman–Crippen MR) is 67.9 cm³/mol. The summed E-state index contributed by atoms with van der Waals surface area (Å²) >= 11 is 0. The van der Waals surface area contributed by atoms with Gasteiger partial charge in [0.15, 0.2) is 23.2 Å². The molecule has 0 aliphatic heterocycles. The third-order valence-electron chi connectivity index (χ3n) is 3.62. The lowest BCUT2D eigenvalue weighted by Crippen LogP contribution is -2.06. The molecule has 2 unspecified atom stereocenters. The molecule has 102 valence electrons. The SMILES string of the molecule is O=C(c1cc(F)c(F)c(F)c1)C1CC1c1ccccc1. The first-order valence-corrected chi connectivity index (χ1v) is 6.31. The van der Waals surface area contributed by atoms with Crippen LogP contribution >= 0.6 is 0 Å². The van der Waals surface area contributed by atoms with Crippen molar-refractivity contribution in [1.29, 1.82) is 0 Å². The zero-order valence-electron chi connectivity index (χ0n) is 10.4. The molecule has 4 heteroatoms. The number of hydrogen-bond acceptors (Lipinski definition) is 1. The molecule has 20 heavy (non-hydrogen) atoms. The van der Waals surface area contributed by atoms with Gasteiger partial charge in [-0.3, -0.25) is 4.79 Å². The van der Waals surface area contributed by atoms with Crippen LogP contribution in [0.3, 0.4) is 0 Å². The molecule has 0 amide bonds. The number of carbonyl (C=O) groups is 1. The molecule has 0 radical (unpaired) electrons. The Hall–Kier alpha value is -2.10. The third kappa shape index (κ3) is 2.22. The van der Waals surface area contributed by atoms with E-state index in [4.69, 9.17) is 0 Å². The van der Waals surface area contributed by atoms with Crippen LogP contribution in [0.25, 0.3) is 0 Å². The Labute approximate surface area is 114 Å². The van der Waals surface area contributed by atoms with E-state index in [0.29, 0.717) is 6.42 Å². The van der Waals surface area contributed by atoms with Crippen molar-refractivity contribution in [2.75, 3.05) is 0 Å². The van der Waals surface area contributed by atoms with Crippen molar-refractivity contribution < 1.29 is 18.0 Å². The number of carbonyl (C=O) groups excluding carboxylic acids is 1. The summed E-state index contributed by atoms with van der Waals surface area (Å²) in [4.78, 5) is 12.2. The van der Waals surface area contributed by atoms with Crippen molar-refractivity contribution in [3.05, 3.63) is 71.0 Å². The van der Waals surface area contributed by atoms with Crippen LogP contribution in [0.2, 0.25) is 0 Å². The molecule has 0 aromatic heterocycles. The van der Waals surface area contributed by atoms with Crippen LogP contribution in [0.1, 0.15) is 28.3 Å². The average molecular weight is 276 g/mol. The molecule has 0 bridgehead atoms. The van der Waals surface area contributed by atoms with Gasteiger partial charge in [0.05, 0.1) is 0 Å². The van der Waals surface area contributed by atoms with E-state index in [1.54, 1.807) is 0 Å². The maximum Gasteiger partial charge on any atom is 0.194 e. The number of ketones is 1. The van der Waals surface area contributed by atoms with Gasteiger partial charge in [-0.15, -0.1) is 0 Å². The fourth-order valence-corrected chi connectivity index (χ4v) is 2.47. The van der Waals surface area contributed by atoms with Gasteiger partial charge in [-0.25, -0.2) is 13.2 Å². The fraction of sp³-hybridized carbons (Fsp3) is 0.188. The summed E-state index contributed by atoms with van der Waals surface area (Å²) in [6, 6.07) is 11.0. The van der Waals surface area contributed by atoms with Crippen molar-refractivity contribution in [3.63, 3.8) is 0 Å². The summed E-state index contributed by atoms with van der Waals surface area (Å²) in [5.74, 6) is -4.73.